The number of nitrogens with one attached hydrogen (secondary N) is 1. The zero-order chi connectivity index (χ0) is 14.8. The van der Waals surface area contributed by atoms with Gasteiger partial charge < -0.3 is 5.32 Å². The molecule has 2 nitrogen and oxygen atoms in total. The highest BCUT2D eigenvalue weighted by Crippen LogP contribution is 2.33. The van der Waals surface area contributed by atoms with Crippen LogP contribution in [0.4, 0.5) is 0 Å². The minimum absolute atomic E-state index is 0.315. The summed E-state index contributed by atoms with van der Waals surface area (Å²) in [6.45, 7) is 6.38. The fraction of sp³-hybridized carbons (Fsp3) is 0.389. The molecule has 1 aliphatic rings. The van der Waals surface area contributed by atoms with Crippen LogP contribution < -0.4 is 5.32 Å². The molecule has 3 heteroatoms. The fourth-order valence-electron chi connectivity index (χ4n) is 3.07. The Balaban J connectivity index is 1.81. The Hall–Kier alpha value is -1.32. The number of benzene rings is 1. The molecule has 0 bridgehead atoms. The van der Waals surface area contributed by atoms with Gasteiger partial charge in [0.15, 0.2) is 0 Å². The lowest BCUT2D eigenvalue weighted by atomic mass is 9.99. The standard InChI is InChI=1S/C18H22N2S/c1-12-8-9-16(13(2)19-12)14(3)20-18-11-21-10-15-6-4-5-7-17(15)18/h4-9,14,18,20H,10-11H2,1-3H3. The second kappa shape index (κ2) is 6.20. The summed E-state index contributed by atoms with van der Waals surface area (Å²) in [6, 6.07) is 13.8. The first kappa shape index (κ1) is 14.6. The summed E-state index contributed by atoms with van der Waals surface area (Å²) >= 11 is 2.01. The van der Waals surface area contributed by atoms with E-state index in [-0.39, 0.29) is 0 Å². The molecule has 1 aromatic heterocycles. The van der Waals surface area contributed by atoms with Crippen LogP contribution in [0.2, 0.25) is 0 Å². The first-order valence-electron chi connectivity index (χ1n) is 7.51. The fourth-order valence-corrected chi connectivity index (χ4v) is 4.18. The van der Waals surface area contributed by atoms with Gasteiger partial charge in [-0.1, -0.05) is 30.3 Å². The lowest BCUT2D eigenvalue weighted by Gasteiger charge is -2.29. The zero-order valence-corrected chi connectivity index (χ0v) is 13.7. The molecule has 0 fully saturated rings. The van der Waals surface area contributed by atoms with Crippen LogP contribution in [0.3, 0.4) is 0 Å². The van der Waals surface area contributed by atoms with Gasteiger partial charge in [-0.3, -0.25) is 4.98 Å². The Morgan fingerprint density at radius 3 is 2.81 bits per heavy atom. The van der Waals surface area contributed by atoms with Crippen molar-refractivity contribution in [1.82, 2.24) is 10.3 Å². The van der Waals surface area contributed by atoms with Crippen LogP contribution >= 0.6 is 11.8 Å². The molecule has 3 rings (SSSR count). The van der Waals surface area contributed by atoms with Gasteiger partial charge in [-0.2, -0.15) is 11.8 Å². The van der Waals surface area contributed by atoms with Gasteiger partial charge in [0, 0.05) is 35.0 Å². The van der Waals surface area contributed by atoms with Gasteiger partial charge in [-0.05, 0) is 43.5 Å². The van der Waals surface area contributed by atoms with E-state index in [0.29, 0.717) is 12.1 Å². The van der Waals surface area contributed by atoms with Crippen LogP contribution in [0.1, 0.15) is 47.1 Å². The van der Waals surface area contributed by atoms with Crippen LogP contribution in [-0.4, -0.2) is 10.7 Å². The summed E-state index contributed by atoms with van der Waals surface area (Å²) in [4.78, 5) is 4.59. The Morgan fingerprint density at radius 1 is 1.19 bits per heavy atom. The Labute approximate surface area is 131 Å². The van der Waals surface area contributed by atoms with E-state index >= 15 is 0 Å². The average Bonchev–Trinajstić information content (AvgIpc) is 2.47. The molecule has 0 spiro atoms. The molecular weight excluding hydrogens is 276 g/mol. The van der Waals surface area contributed by atoms with Crippen molar-refractivity contribution in [3.63, 3.8) is 0 Å². The highest BCUT2D eigenvalue weighted by atomic mass is 32.2. The summed E-state index contributed by atoms with van der Waals surface area (Å²) in [6.07, 6.45) is 0. The molecule has 2 heterocycles. The van der Waals surface area contributed by atoms with E-state index < -0.39 is 0 Å². The second-order valence-electron chi connectivity index (χ2n) is 5.78. The minimum atomic E-state index is 0.315. The molecule has 0 amide bonds. The molecule has 1 aliphatic heterocycles. The quantitative estimate of drug-likeness (QED) is 0.912. The molecule has 2 atom stereocenters. The number of aryl methyl sites for hydroxylation is 2. The third-order valence-electron chi connectivity index (χ3n) is 4.16. The highest BCUT2D eigenvalue weighted by molar-refractivity contribution is 7.98. The molecule has 21 heavy (non-hydrogen) atoms. The lowest BCUT2D eigenvalue weighted by molar-refractivity contribution is 0.493. The largest absolute Gasteiger partial charge is 0.303 e. The van der Waals surface area contributed by atoms with Gasteiger partial charge in [-0.15, -0.1) is 0 Å². The van der Waals surface area contributed by atoms with Gasteiger partial charge in [0.1, 0.15) is 0 Å². The molecule has 110 valence electrons. The molecule has 0 saturated heterocycles. The first-order valence-corrected chi connectivity index (χ1v) is 8.66. The number of hydrogen-bond acceptors (Lipinski definition) is 3. The van der Waals surface area contributed by atoms with E-state index in [1.807, 2.05) is 18.7 Å². The molecule has 0 saturated carbocycles. The summed E-state index contributed by atoms with van der Waals surface area (Å²) in [5.74, 6) is 2.27. The SMILES string of the molecule is Cc1ccc(C(C)NC2CSCc3ccccc32)c(C)n1. The summed E-state index contributed by atoms with van der Waals surface area (Å²) in [5, 5.41) is 3.79. The lowest BCUT2D eigenvalue weighted by Crippen LogP contribution is -2.29. The molecular formula is C18H22N2S. The van der Waals surface area contributed by atoms with Crippen molar-refractivity contribution in [2.24, 2.45) is 0 Å². The van der Waals surface area contributed by atoms with E-state index in [0.717, 1.165) is 22.9 Å². The number of fused-ring (bicyclic) bond motifs is 1. The average molecular weight is 298 g/mol. The van der Waals surface area contributed by atoms with Gasteiger partial charge in [0.25, 0.3) is 0 Å². The highest BCUT2D eigenvalue weighted by Gasteiger charge is 2.22. The number of aromatic nitrogens is 1. The maximum atomic E-state index is 4.59. The van der Waals surface area contributed by atoms with E-state index in [2.05, 4.69) is 60.5 Å². The Bertz CT molecular complexity index is 639. The normalized spacial score (nSPS) is 19.1. The first-order chi connectivity index (χ1) is 10.1. The Kier molecular flexibility index (Phi) is 4.32. The van der Waals surface area contributed by atoms with Crippen molar-refractivity contribution in [2.75, 3.05) is 5.75 Å². The van der Waals surface area contributed by atoms with Crippen LogP contribution in [0.25, 0.3) is 0 Å². The van der Waals surface area contributed by atoms with Crippen LogP contribution in [0, 0.1) is 13.8 Å². The molecule has 2 unspecified atom stereocenters. The molecule has 1 aromatic carbocycles. The maximum absolute atomic E-state index is 4.59. The molecule has 1 N–H and O–H groups in total. The minimum Gasteiger partial charge on any atom is -0.303 e. The summed E-state index contributed by atoms with van der Waals surface area (Å²) in [7, 11) is 0. The number of hydrogen-bond donors (Lipinski definition) is 1. The van der Waals surface area contributed by atoms with Crippen molar-refractivity contribution in [3.8, 4) is 0 Å². The smallest absolute Gasteiger partial charge is 0.0423 e. The number of rotatable bonds is 3. The predicted molar refractivity (Wildman–Crippen MR) is 90.6 cm³/mol. The van der Waals surface area contributed by atoms with Crippen LogP contribution in [0.15, 0.2) is 36.4 Å². The predicted octanol–water partition coefficient (Wildman–Crippen LogP) is 4.34. The van der Waals surface area contributed by atoms with Crippen molar-refractivity contribution in [3.05, 3.63) is 64.5 Å². The topological polar surface area (TPSA) is 24.9 Å². The van der Waals surface area contributed by atoms with Crippen molar-refractivity contribution in [2.45, 2.75) is 38.6 Å². The molecule has 0 aliphatic carbocycles. The van der Waals surface area contributed by atoms with E-state index in [1.165, 1.54) is 16.7 Å². The number of thioether (sulfide) groups is 1. The van der Waals surface area contributed by atoms with Gasteiger partial charge in [0.05, 0.1) is 0 Å². The second-order valence-corrected chi connectivity index (χ2v) is 6.81. The molecule has 0 radical (unpaired) electrons. The van der Waals surface area contributed by atoms with Crippen molar-refractivity contribution < 1.29 is 0 Å². The van der Waals surface area contributed by atoms with Gasteiger partial charge >= 0.3 is 0 Å². The van der Waals surface area contributed by atoms with E-state index in [9.17, 15) is 0 Å². The van der Waals surface area contributed by atoms with E-state index in [4.69, 9.17) is 0 Å². The van der Waals surface area contributed by atoms with Gasteiger partial charge in [0.2, 0.25) is 0 Å². The summed E-state index contributed by atoms with van der Waals surface area (Å²) in [5.41, 5.74) is 6.44. The zero-order valence-electron chi connectivity index (χ0n) is 12.9. The van der Waals surface area contributed by atoms with Crippen LogP contribution in [-0.2, 0) is 5.75 Å². The molecule has 2 aromatic rings. The third kappa shape index (κ3) is 3.14. The Morgan fingerprint density at radius 2 is 2.00 bits per heavy atom. The van der Waals surface area contributed by atoms with Gasteiger partial charge in [-0.25, -0.2) is 0 Å². The number of pyridine rings is 1. The van der Waals surface area contributed by atoms with Crippen molar-refractivity contribution in [1.29, 1.82) is 0 Å². The maximum Gasteiger partial charge on any atom is 0.0423 e. The summed E-state index contributed by atoms with van der Waals surface area (Å²) < 4.78 is 0. The van der Waals surface area contributed by atoms with Crippen LogP contribution in [0.5, 0.6) is 0 Å². The third-order valence-corrected chi connectivity index (χ3v) is 5.24. The van der Waals surface area contributed by atoms with Crippen molar-refractivity contribution >= 4 is 11.8 Å². The monoisotopic (exact) mass is 298 g/mol. The number of nitrogens with zero attached hydrogens (tertiary/aromatic N) is 1. The van der Waals surface area contributed by atoms with E-state index in [1.54, 1.807) is 0 Å².